The molecule has 2 N–H and O–H groups in total. The average Bonchev–Trinajstić information content (AvgIpc) is 2.58. The van der Waals surface area contributed by atoms with E-state index in [2.05, 4.69) is 70.6 Å². The molecule has 25 heavy (non-hydrogen) atoms. The average molecular weight is 459 g/mol. The number of aryl methyl sites for hydroxylation is 1. The maximum atomic E-state index is 4.32. The van der Waals surface area contributed by atoms with E-state index in [-0.39, 0.29) is 24.0 Å². The molecule has 6 heteroatoms. The van der Waals surface area contributed by atoms with Crippen molar-refractivity contribution in [3.63, 3.8) is 0 Å². The van der Waals surface area contributed by atoms with Crippen LogP contribution in [0.3, 0.4) is 0 Å². The molecule has 0 aromatic heterocycles. The number of hydrogen-bond acceptors (Lipinski definition) is 3. The van der Waals surface area contributed by atoms with Crippen molar-refractivity contribution in [1.29, 1.82) is 0 Å². The molecule has 0 saturated carbocycles. The third-order valence-corrected chi connectivity index (χ3v) is 4.59. The predicted octanol–water partition coefficient (Wildman–Crippen LogP) is 2.16. The molecule has 1 heterocycles. The van der Waals surface area contributed by atoms with E-state index in [1.54, 1.807) is 0 Å². The van der Waals surface area contributed by atoms with E-state index >= 15 is 0 Å². The zero-order chi connectivity index (χ0) is 17.4. The molecule has 0 aliphatic carbocycles. The van der Waals surface area contributed by atoms with Crippen LogP contribution in [0.5, 0.6) is 0 Å². The Labute approximate surface area is 170 Å². The summed E-state index contributed by atoms with van der Waals surface area (Å²) in [6, 6.07) is 8.61. The van der Waals surface area contributed by atoms with Crippen LogP contribution in [0.25, 0.3) is 0 Å². The molecule has 142 valence electrons. The van der Waals surface area contributed by atoms with Crippen molar-refractivity contribution in [2.75, 3.05) is 53.4 Å². The fraction of sp³-hybridized carbons (Fsp3) is 0.632. The Morgan fingerprint density at radius 3 is 2.36 bits per heavy atom. The highest BCUT2D eigenvalue weighted by Crippen LogP contribution is 2.04. The second-order valence-corrected chi connectivity index (χ2v) is 7.00. The van der Waals surface area contributed by atoms with E-state index in [9.17, 15) is 0 Å². The van der Waals surface area contributed by atoms with E-state index in [1.165, 1.54) is 37.3 Å². The number of rotatable bonds is 6. The van der Waals surface area contributed by atoms with Gasteiger partial charge in [0.25, 0.3) is 0 Å². The Morgan fingerprint density at radius 1 is 1.12 bits per heavy atom. The standard InChI is InChI=1S/C19H33N5.HI/c1-16-5-7-18(8-6-16)14-22-19(20-3)21-13-17(2)15-24-11-9-23(4)10-12-24;/h5-8,17H,9-15H2,1-4H3,(H2,20,21,22);1H. The Hall–Kier alpha value is -0.860. The van der Waals surface area contributed by atoms with Gasteiger partial charge >= 0.3 is 0 Å². The SMILES string of the molecule is CN=C(NCc1ccc(C)cc1)NCC(C)CN1CCN(C)CC1.I. The molecule has 2 rings (SSSR count). The minimum Gasteiger partial charge on any atom is -0.356 e. The fourth-order valence-electron chi connectivity index (χ4n) is 2.92. The highest BCUT2D eigenvalue weighted by molar-refractivity contribution is 14.0. The first-order chi connectivity index (χ1) is 11.6. The maximum Gasteiger partial charge on any atom is 0.191 e. The first-order valence-corrected chi connectivity index (χ1v) is 8.98. The van der Waals surface area contributed by atoms with Crippen LogP contribution in [-0.4, -0.2) is 69.1 Å². The first kappa shape index (κ1) is 22.2. The summed E-state index contributed by atoms with van der Waals surface area (Å²) in [5.41, 5.74) is 2.56. The summed E-state index contributed by atoms with van der Waals surface area (Å²) in [6.07, 6.45) is 0. The quantitative estimate of drug-likeness (QED) is 0.389. The number of benzene rings is 1. The van der Waals surface area contributed by atoms with Gasteiger partial charge in [0.15, 0.2) is 5.96 Å². The first-order valence-electron chi connectivity index (χ1n) is 8.98. The lowest BCUT2D eigenvalue weighted by Gasteiger charge is -2.34. The van der Waals surface area contributed by atoms with Gasteiger partial charge in [0.1, 0.15) is 0 Å². The lowest BCUT2D eigenvalue weighted by atomic mass is 10.1. The van der Waals surface area contributed by atoms with E-state index in [4.69, 9.17) is 0 Å². The Bertz CT molecular complexity index is 509. The van der Waals surface area contributed by atoms with Gasteiger partial charge in [0.2, 0.25) is 0 Å². The van der Waals surface area contributed by atoms with Gasteiger partial charge in [-0.15, -0.1) is 24.0 Å². The Morgan fingerprint density at radius 2 is 1.76 bits per heavy atom. The fourth-order valence-corrected chi connectivity index (χ4v) is 2.92. The minimum absolute atomic E-state index is 0. The maximum absolute atomic E-state index is 4.32. The van der Waals surface area contributed by atoms with Crippen molar-refractivity contribution >= 4 is 29.9 Å². The summed E-state index contributed by atoms with van der Waals surface area (Å²) in [5.74, 6) is 1.48. The van der Waals surface area contributed by atoms with E-state index in [1.807, 2.05) is 7.05 Å². The second-order valence-electron chi connectivity index (χ2n) is 7.00. The van der Waals surface area contributed by atoms with Gasteiger partial charge in [0.05, 0.1) is 0 Å². The number of hydrogen-bond donors (Lipinski definition) is 2. The van der Waals surface area contributed by atoms with Gasteiger partial charge < -0.3 is 20.4 Å². The Kier molecular flexibility index (Phi) is 10.4. The Balaban J connectivity index is 0.00000312. The third kappa shape index (κ3) is 8.37. The van der Waals surface area contributed by atoms with Gasteiger partial charge in [-0.25, -0.2) is 0 Å². The van der Waals surface area contributed by atoms with Crippen molar-refractivity contribution in [3.05, 3.63) is 35.4 Å². The summed E-state index contributed by atoms with van der Waals surface area (Å²) >= 11 is 0. The molecule has 5 nitrogen and oxygen atoms in total. The number of guanidine groups is 1. The van der Waals surface area contributed by atoms with E-state index in [0.717, 1.165) is 25.6 Å². The minimum atomic E-state index is 0. The van der Waals surface area contributed by atoms with Crippen LogP contribution in [0.2, 0.25) is 0 Å². The van der Waals surface area contributed by atoms with Crippen LogP contribution in [0.15, 0.2) is 29.3 Å². The van der Waals surface area contributed by atoms with E-state index < -0.39 is 0 Å². The summed E-state index contributed by atoms with van der Waals surface area (Å²) in [4.78, 5) is 9.29. The normalized spacial score (nSPS) is 17.7. The molecular weight excluding hydrogens is 425 g/mol. The number of nitrogens with zero attached hydrogens (tertiary/aromatic N) is 3. The highest BCUT2D eigenvalue weighted by Gasteiger charge is 2.16. The number of halogens is 1. The van der Waals surface area contributed by atoms with Crippen LogP contribution < -0.4 is 10.6 Å². The lowest BCUT2D eigenvalue weighted by Crippen LogP contribution is -2.47. The molecule has 0 radical (unpaired) electrons. The van der Waals surface area contributed by atoms with Crippen LogP contribution in [0.4, 0.5) is 0 Å². The molecule has 1 aromatic rings. The zero-order valence-corrected chi connectivity index (χ0v) is 18.4. The van der Waals surface area contributed by atoms with Crippen LogP contribution in [0, 0.1) is 12.8 Å². The van der Waals surface area contributed by atoms with Gasteiger partial charge in [-0.3, -0.25) is 4.99 Å². The van der Waals surface area contributed by atoms with Gasteiger partial charge in [0, 0.05) is 52.9 Å². The summed E-state index contributed by atoms with van der Waals surface area (Å²) in [6.45, 7) is 12.0. The lowest BCUT2D eigenvalue weighted by molar-refractivity contribution is 0.139. The molecule has 0 bridgehead atoms. The molecule has 0 amide bonds. The molecule has 1 aliphatic heterocycles. The summed E-state index contributed by atoms with van der Waals surface area (Å²) in [5, 5.41) is 6.84. The van der Waals surface area contributed by atoms with Crippen molar-refractivity contribution in [3.8, 4) is 0 Å². The van der Waals surface area contributed by atoms with Crippen molar-refractivity contribution in [2.24, 2.45) is 10.9 Å². The third-order valence-electron chi connectivity index (χ3n) is 4.59. The van der Waals surface area contributed by atoms with E-state index in [0.29, 0.717) is 5.92 Å². The molecular formula is C19H34IN5. The summed E-state index contributed by atoms with van der Waals surface area (Å²) < 4.78 is 0. The number of aliphatic imine (C=N–C) groups is 1. The van der Waals surface area contributed by atoms with Crippen LogP contribution >= 0.6 is 24.0 Å². The van der Waals surface area contributed by atoms with Crippen molar-refractivity contribution < 1.29 is 0 Å². The van der Waals surface area contributed by atoms with Crippen LogP contribution in [-0.2, 0) is 6.54 Å². The smallest absolute Gasteiger partial charge is 0.191 e. The molecule has 1 fully saturated rings. The van der Waals surface area contributed by atoms with Crippen molar-refractivity contribution in [2.45, 2.75) is 20.4 Å². The van der Waals surface area contributed by atoms with Crippen molar-refractivity contribution in [1.82, 2.24) is 20.4 Å². The topological polar surface area (TPSA) is 42.9 Å². The number of nitrogens with one attached hydrogen (secondary N) is 2. The molecule has 1 atom stereocenters. The molecule has 1 saturated heterocycles. The largest absolute Gasteiger partial charge is 0.356 e. The second kappa shape index (κ2) is 11.7. The molecule has 1 unspecified atom stereocenters. The van der Waals surface area contributed by atoms with Gasteiger partial charge in [-0.2, -0.15) is 0 Å². The monoisotopic (exact) mass is 459 g/mol. The number of piperazine rings is 1. The molecule has 1 aliphatic rings. The molecule has 1 aromatic carbocycles. The van der Waals surface area contributed by atoms with Gasteiger partial charge in [-0.1, -0.05) is 36.8 Å². The summed E-state index contributed by atoms with van der Waals surface area (Å²) in [7, 11) is 4.03. The zero-order valence-electron chi connectivity index (χ0n) is 16.1. The predicted molar refractivity (Wildman–Crippen MR) is 118 cm³/mol. The highest BCUT2D eigenvalue weighted by atomic mass is 127. The van der Waals surface area contributed by atoms with Gasteiger partial charge in [-0.05, 0) is 25.5 Å². The van der Waals surface area contributed by atoms with Crippen LogP contribution in [0.1, 0.15) is 18.1 Å². The number of likely N-dealkylation sites (N-methyl/N-ethyl adjacent to an activating group) is 1. The molecule has 0 spiro atoms.